The molecule has 0 saturated heterocycles. The Morgan fingerprint density at radius 3 is 2.46 bits per heavy atom. The summed E-state index contributed by atoms with van der Waals surface area (Å²) in [5.41, 5.74) is 3.10. The summed E-state index contributed by atoms with van der Waals surface area (Å²) in [6.45, 7) is 1.87. The lowest BCUT2D eigenvalue weighted by atomic mass is 10.0. The van der Waals surface area contributed by atoms with E-state index < -0.39 is 5.95 Å². The molecule has 1 atom stereocenters. The van der Waals surface area contributed by atoms with Gasteiger partial charge in [-0.2, -0.15) is 4.39 Å². The molecule has 0 unspecified atom stereocenters. The van der Waals surface area contributed by atoms with Crippen LogP contribution in [-0.4, -0.2) is 20.9 Å². The lowest BCUT2D eigenvalue weighted by molar-refractivity contribution is 0.0939. The number of aromatic nitrogens is 3. The molecule has 0 aliphatic rings. The van der Waals surface area contributed by atoms with Crippen molar-refractivity contribution < 1.29 is 9.18 Å². The van der Waals surface area contributed by atoms with Crippen LogP contribution >= 0.6 is 0 Å². The van der Waals surface area contributed by atoms with Crippen LogP contribution in [-0.2, 0) is 0 Å². The van der Waals surface area contributed by atoms with Crippen molar-refractivity contribution in [3.8, 4) is 11.1 Å². The number of nitrogens with one attached hydrogen (secondary N) is 1. The Hall–Kier alpha value is -3.15. The maximum absolute atomic E-state index is 13.1. The van der Waals surface area contributed by atoms with Crippen molar-refractivity contribution >= 4 is 5.91 Å². The quantitative estimate of drug-likeness (QED) is 0.749. The van der Waals surface area contributed by atoms with Gasteiger partial charge < -0.3 is 5.32 Å². The second-order valence-corrected chi connectivity index (χ2v) is 5.31. The van der Waals surface area contributed by atoms with E-state index in [-0.39, 0.29) is 17.5 Å². The van der Waals surface area contributed by atoms with Crippen molar-refractivity contribution in [1.29, 1.82) is 0 Å². The van der Waals surface area contributed by atoms with Crippen molar-refractivity contribution in [3.05, 3.63) is 78.4 Å². The molecule has 0 saturated carbocycles. The standard InChI is InChI=1S/C18H15FN4O/c1-12(23-18(24)15-6-7-22-17(19)8-15)13-2-4-14(5-3-13)16-9-20-11-21-10-16/h2-12H,1H3,(H,23,24)/t12-/m1/s1. The maximum Gasteiger partial charge on any atom is 0.251 e. The van der Waals surface area contributed by atoms with Crippen molar-refractivity contribution in [1.82, 2.24) is 20.3 Å². The van der Waals surface area contributed by atoms with Crippen molar-refractivity contribution in [2.24, 2.45) is 0 Å². The Balaban J connectivity index is 1.71. The maximum atomic E-state index is 13.1. The van der Waals surface area contributed by atoms with Gasteiger partial charge in [0, 0.05) is 35.8 Å². The first-order chi connectivity index (χ1) is 11.6. The van der Waals surface area contributed by atoms with Gasteiger partial charge in [0.25, 0.3) is 5.91 Å². The number of hydrogen-bond donors (Lipinski definition) is 1. The van der Waals surface area contributed by atoms with E-state index in [1.807, 2.05) is 31.2 Å². The van der Waals surface area contributed by atoms with Crippen LogP contribution in [0.3, 0.4) is 0 Å². The number of nitrogens with zero attached hydrogens (tertiary/aromatic N) is 3. The van der Waals surface area contributed by atoms with Crippen molar-refractivity contribution in [2.75, 3.05) is 0 Å². The largest absolute Gasteiger partial charge is 0.346 e. The average Bonchev–Trinajstić information content (AvgIpc) is 2.62. The van der Waals surface area contributed by atoms with Crippen LogP contribution < -0.4 is 5.32 Å². The highest BCUT2D eigenvalue weighted by molar-refractivity contribution is 5.94. The molecule has 0 aliphatic carbocycles. The molecule has 5 nitrogen and oxygen atoms in total. The Kier molecular flexibility index (Phi) is 4.56. The lowest BCUT2D eigenvalue weighted by Gasteiger charge is -2.15. The summed E-state index contributed by atoms with van der Waals surface area (Å²) in [7, 11) is 0. The van der Waals surface area contributed by atoms with Crippen LogP contribution in [0.2, 0.25) is 0 Å². The molecule has 1 aromatic carbocycles. The van der Waals surface area contributed by atoms with E-state index in [2.05, 4.69) is 20.3 Å². The topological polar surface area (TPSA) is 67.8 Å². The predicted molar refractivity (Wildman–Crippen MR) is 87.5 cm³/mol. The Morgan fingerprint density at radius 1 is 1.08 bits per heavy atom. The van der Waals surface area contributed by atoms with Gasteiger partial charge in [0.15, 0.2) is 0 Å². The number of benzene rings is 1. The number of amides is 1. The Bertz CT molecular complexity index is 837. The summed E-state index contributed by atoms with van der Waals surface area (Å²) >= 11 is 0. The number of rotatable bonds is 4. The van der Waals surface area contributed by atoms with Crippen LogP contribution in [0.25, 0.3) is 11.1 Å². The smallest absolute Gasteiger partial charge is 0.251 e. The molecular formula is C18H15FN4O. The first-order valence-corrected chi connectivity index (χ1v) is 7.41. The van der Waals surface area contributed by atoms with Crippen LogP contribution in [0.1, 0.15) is 28.9 Å². The minimum absolute atomic E-state index is 0.213. The molecule has 3 aromatic rings. The summed E-state index contributed by atoms with van der Waals surface area (Å²) in [6, 6.07) is 10.1. The fraction of sp³-hybridized carbons (Fsp3) is 0.111. The zero-order valence-corrected chi connectivity index (χ0v) is 13.0. The molecule has 0 spiro atoms. The van der Waals surface area contributed by atoms with Gasteiger partial charge >= 0.3 is 0 Å². The van der Waals surface area contributed by atoms with Gasteiger partial charge in [0.1, 0.15) is 6.33 Å². The molecule has 120 valence electrons. The summed E-state index contributed by atoms with van der Waals surface area (Å²) in [5.74, 6) is -1.02. The SMILES string of the molecule is C[C@@H](NC(=O)c1ccnc(F)c1)c1ccc(-c2cncnc2)cc1. The molecule has 0 aliphatic heterocycles. The first-order valence-electron chi connectivity index (χ1n) is 7.41. The number of pyridine rings is 1. The Labute approximate surface area is 138 Å². The van der Waals surface area contributed by atoms with Gasteiger partial charge in [-0.3, -0.25) is 4.79 Å². The third kappa shape index (κ3) is 3.60. The number of carbonyl (C=O) groups is 1. The molecule has 24 heavy (non-hydrogen) atoms. The second kappa shape index (κ2) is 6.95. The molecule has 1 amide bonds. The summed E-state index contributed by atoms with van der Waals surface area (Å²) < 4.78 is 13.1. The molecule has 3 rings (SSSR count). The summed E-state index contributed by atoms with van der Waals surface area (Å²) in [4.78, 5) is 23.6. The monoisotopic (exact) mass is 322 g/mol. The normalized spacial score (nSPS) is 11.8. The Morgan fingerprint density at radius 2 is 1.79 bits per heavy atom. The minimum atomic E-state index is -0.676. The van der Waals surface area contributed by atoms with Gasteiger partial charge in [-0.25, -0.2) is 15.0 Å². The van der Waals surface area contributed by atoms with Gasteiger partial charge in [0.2, 0.25) is 5.95 Å². The zero-order chi connectivity index (χ0) is 16.9. The summed E-state index contributed by atoms with van der Waals surface area (Å²) in [6.07, 6.45) is 6.24. The highest BCUT2D eigenvalue weighted by Gasteiger charge is 2.12. The van der Waals surface area contributed by atoms with Gasteiger partial charge in [-0.1, -0.05) is 24.3 Å². The van der Waals surface area contributed by atoms with E-state index in [4.69, 9.17) is 0 Å². The molecular weight excluding hydrogens is 307 g/mol. The van der Waals surface area contributed by atoms with Crippen LogP contribution in [0, 0.1) is 5.95 Å². The summed E-state index contributed by atoms with van der Waals surface area (Å²) in [5, 5.41) is 2.84. The van der Waals surface area contributed by atoms with E-state index in [1.54, 1.807) is 12.4 Å². The molecule has 1 N–H and O–H groups in total. The molecule has 0 bridgehead atoms. The minimum Gasteiger partial charge on any atom is -0.346 e. The number of hydrogen-bond acceptors (Lipinski definition) is 4. The van der Waals surface area contributed by atoms with Gasteiger partial charge in [-0.05, 0) is 24.1 Å². The van der Waals surface area contributed by atoms with Crippen molar-refractivity contribution in [2.45, 2.75) is 13.0 Å². The third-order valence-corrected chi connectivity index (χ3v) is 3.64. The number of carbonyl (C=O) groups excluding carboxylic acids is 1. The van der Waals surface area contributed by atoms with Crippen LogP contribution in [0.5, 0.6) is 0 Å². The molecule has 2 heterocycles. The second-order valence-electron chi connectivity index (χ2n) is 5.31. The molecule has 0 fully saturated rings. The van der Waals surface area contributed by atoms with E-state index in [9.17, 15) is 9.18 Å². The molecule has 0 radical (unpaired) electrons. The zero-order valence-electron chi connectivity index (χ0n) is 13.0. The lowest BCUT2D eigenvalue weighted by Crippen LogP contribution is -2.26. The fourth-order valence-corrected chi connectivity index (χ4v) is 2.32. The predicted octanol–water partition coefficient (Wildman–Crippen LogP) is 3.17. The first kappa shape index (κ1) is 15.7. The van der Waals surface area contributed by atoms with Crippen LogP contribution in [0.15, 0.2) is 61.3 Å². The fourth-order valence-electron chi connectivity index (χ4n) is 2.32. The van der Waals surface area contributed by atoms with E-state index in [0.29, 0.717) is 0 Å². The van der Waals surface area contributed by atoms with Crippen molar-refractivity contribution in [3.63, 3.8) is 0 Å². The average molecular weight is 322 g/mol. The highest BCUT2D eigenvalue weighted by atomic mass is 19.1. The van der Waals surface area contributed by atoms with E-state index in [0.717, 1.165) is 22.8 Å². The molecule has 6 heteroatoms. The van der Waals surface area contributed by atoms with Gasteiger partial charge in [-0.15, -0.1) is 0 Å². The third-order valence-electron chi connectivity index (χ3n) is 3.64. The number of halogens is 1. The van der Waals surface area contributed by atoms with E-state index in [1.165, 1.54) is 18.6 Å². The van der Waals surface area contributed by atoms with Crippen LogP contribution in [0.4, 0.5) is 4.39 Å². The molecule has 2 aromatic heterocycles. The van der Waals surface area contributed by atoms with Gasteiger partial charge in [0.05, 0.1) is 6.04 Å². The van der Waals surface area contributed by atoms with E-state index >= 15 is 0 Å². The highest BCUT2D eigenvalue weighted by Crippen LogP contribution is 2.21.